The monoisotopic (exact) mass is 413 g/mol. The fraction of sp³-hybridized carbons (Fsp3) is 0.600. The molecular formula is C10H30N3O8P3. The highest BCUT2D eigenvalue weighted by Gasteiger charge is 2.23. The van der Waals surface area contributed by atoms with Crippen molar-refractivity contribution in [1.82, 2.24) is 18.5 Å². The van der Waals surface area contributed by atoms with Gasteiger partial charge in [-0.2, -0.15) is 0 Å². The summed E-state index contributed by atoms with van der Waals surface area (Å²) in [6.07, 6.45) is 1.10. The summed E-state index contributed by atoms with van der Waals surface area (Å²) in [7, 11) is -15.1. The molecule has 0 heterocycles. The van der Waals surface area contributed by atoms with Gasteiger partial charge in [-0.25, -0.2) is 0 Å². The Morgan fingerprint density at radius 1 is 0.750 bits per heavy atom. The van der Waals surface area contributed by atoms with Crippen molar-refractivity contribution >= 4 is 23.0 Å². The lowest BCUT2D eigenvalue weighted by molar-refractivity contribution is -0.234. The molecule has 0 aliphatic carbocycles. The maximum Gasteiger partial charge on any atom is 0.277 e. The Balaban J connectivity index is -0.000000667. The Labute approximate surface area is 142 Å². The predicted octanol–water partition coefficient (Wildman–Crippen LogP) is 2.66. The standard InChI is InChI=1S/C10H21O8P3.3H3N/c1-9(2)5-7-19(11,12)17-21(15,16)18-20(13,14)8-6-10(3)4;;;/h5-6H,7-8H2,1-4H3,(H,11,12)(H,13,14)(H,15,16);3*1H3. The highest BCUT2D eigenvalue weighted by atomic mass is 31.3. The van der Waals surface area contributed by atoms with Crippen molar-refractivity contribution in [3.05, 3.63) is 23.3 Å². The van der Waals surface area contributed by atoms with Gasteiger partial charge in [0, 0.05) is 12.3 Å². The summed E-state index contributed by atoms with van der Waals surface area (Å²) in [6.45, 7) is 6.44. The van der Waals surface area contributed by atoms with Crippen molar-refractivity contribution in [2.24, 2.45) is 0 Å². The van der Waals surface area contributed by atoms with Gasteiger partial charge in [-0.15, -0.1) is 0 Å². The van der Waals surface area contributed by atoms with E-state index in [1.807, 2.05) is 0 Å². The number of allylic oxidation sites excluding steroid dienone is 4. The average Bonchev–Trinajstić information content (AvgIpc) is 2.21. The molecule has 0 saturated heterocycles. The predicted molar refractivity (Wildman–Crippen MR) is 91.5 cm³/mol. The van der Waals surface area contributed by atoms with Crippen LogP contribution < -0.4 is 33.1 Å². The fourth-order valence-corrected chi connectivity index (χ4v) is 5.51. The minimum Gasteiger partial charge on any atom is -0.778 e. The first-order valence-electron chi connectivity index (χ1n) is 5.85. The molecule has 0 spiro atoms. The van der Waals surface area contributed by atoms with Crippen molar-refractivity contribution in [3.8, 4) is 0 Å². The summed E-state index contributed by atoms with van der Waals surface area (Å²) in [5, 5.41) is 0. The van der Waals surface area contributed by atoms with Crippen LogP contribution in [0.4, 0.5) is 0 Å². The highest BCUT2D eigenvalue weighted by molar-refractivity contribution is 7.68. The van der Waals surface area contributed by atoms with Gasteiger partial charge in [0.15, 0.2) is 0 Å². The molecule has 0 aromatic heterocycles. The van der Waals surface area contributed by atoms with Gasteiger partial charge in [-0.1, -0.05) is 23.3 Å². The molecule has 12 N–H and O–H groups in total. The second-order valence-electron chi connectivity index (χ2n) is 4.76. The fourth-order valence-electron chi connectivity index (χ4n) is 0.975. The van der Waals surface area contributed by atoms with Gasteiger partial charge in [0.25, 0.3) is 7.82 Å². The van der Waals surface area contributed by atoms with E-state index in [1.54, 1.807) is 27.7 Å². The van der Waals surface area contributed by atoms with E-state index >= 15 is 0 Å². The van der Waals surface area contributed by atoms with Gasteiger partial charge < -0.3 is 42.3 Å². The van der Waals surface area contributed by atoms with Crippen molar-refractivity contribution in [3.63, 3.8) is 0 Å². The van der Waals surface area contributed by atoms with Gasteiger partial charge in [-0.3, -0.25) is 13.2 Å². The summed E-state index contributed by atoms with van der Waals surface area (Å²) < 4.78 is 41.9. The number of phosphoric acid groups is 1. The average molecular weight is 413 g/mol. The maximum absolute atomic E-state index is 11.4. The molecule has 148 valence electrons. The number of hydrogen-bond donors (Lipinski definition) is 3. The molecule has 24 heavy (non-hydrogen) atoms. The molecule has 0 bridgehead atoms. The third kappa shape index (κ3) is 16.7. The van der Waals surface area contributed by atoms with Crippen LogP contribution in [0.15, 0.2) is 23.3 Å². The molecule has 0 saturated carbocycles. The van der Waals surface area contributed by atoms with E-state index in [0.717, 1.165) is 0 Å². The first-order valence-corrected chi connectivity index (χ1v) is 10.8. The van der Waals surface area contributed by atoms with Gasteiger partial charge in [0.05, 0.1) is 0 Å². The Morgan fingerprint density at radius 2 is 1.00 bits per heavy atom. The molecule has 2 atom stereocenters. The first kappa shape index (κ1) is 31.6. The van der Waals surface area contributed by atoms with Gasteiger partial charge in [0.2, 0.25) is 0 Å². The van der Waals surface area contributed by atoms with E-state index < -0.39 is 35.3 Å². The molecule has 0 rings (SSSR count). The molecule has 2 unspecified atom stereocenters. The minimum absolute atomic E-state index is 0. The van der Waals surface area contributed by atoms with E-state index in [-0.39, 0.29) is 18.5 Å². The van der Waals surface area contributed by atoms with Crippen LogP contribution in [0.25, 0.3) is 0 Å². The van der Waals surface area contributed by atoms with Gasteiger partial charge in [-0.05, 0) is 27.7 Å². The quantitative estimate of drug-likeness (QED) is 0.393. The topological polar surface area (TPSA) is 248 Å². The van der Waals surface area contributed by atoms with Crippen LogP contribution in [0.3, 0.4) is 0 Å². The number of quaternary nitrogens is 3. The Hall–Kier alpha value is -0.150. The van der Waals surface area contributed by atoms with Crippen LogP contribution in [0.2, 0.25) is 0 Å². The van der Waals surface area contributed by atoms with Crippen LogP contribution in [-0.4, -0.2) is 12.3 Å². The number of hydrogen-bond acceptors (Lipinski definition) is 8. The molecule has 0 aliphatic heterocycles. The lowest BCUT2D eigenvalue weighted by Crippen LogP contribution is -2.16. The largest absolute Gasteiger partial charge is 0.778 e. The second kappa shape index (κ2) is 12.2. The van der Waals surface area contributed by atoms with Crippen LogP contribution in [-0.2, 0) is 22.3 Å². The van der Waals surface area contributed by atoms with E-state index in [4.69, 9.17) is 0 Å². The van der Waals surface area contributed by atoms with Crippen molar-refractivity contribution in [2.75, 3.05) is 12.3 Å². The first-order chi connectivity index (χ1) is 9.25. The van der Waals surface area contributed by atoms with Crippen molar-refractivity contribution < 1.29 is 37.0 Å². The Kier molecular flexibility index (Phi) is 16.1. The van der Waals surface area contributed by atoms with Crippen LogP contribution >= 0.6 is 23.0 Å². The van der Waals surface area contributed by atoms with E-state index in [9.17, 15) is 28.4 Å². The zero-order chi connectivity index (χ0) is 16.9. The normalized spacial score (nSPS) is 17.3. The molecule has 0 radical (unpaired) electrons. The highest BCUT2D eigenvalue weighted by Crippen LogP contribution is 2.62. The summed E-state index contributed by atoms with van der Waals surface area (Å²) in [5.74, 6) is 0. The maximum atomic E-state index is 11.4. The molecule has 0 aliphatic rings. The van der Waals surface area contributed by atoms with E-state index in [1.165, 1.54) is 12.2 Å². The molecule has 0 aromatic carbocycles. The van der Waals surface area contributed by atoms with Crippen LogP contribution in [0.5, 0.6) is 0 Å². The SMILES string of the molecule is CC(C)=CCP(=O)([O-])OP(=O)([O-])OP(=O)([O-])CC=C(C)C.[NH4+].[NH4+].[NH4+]. The summed E-state index contributed by atoms with van der Waals surface area (Å²) in [6, 6.07) is 0. The lowest BCUT2D eigenvalue weighted by atomic mass is 10.3. The van der Waals surface area contributed by atoms with Crippen LogP contribution in [0.1, 0.15) is 27.7 Å². The molecule has 11 nitrogen and oxygen atoms in total. The van der Waals surface area contributed by atoms with E-state index in [2.05, 4.69) is 8.62 Å². The Morgan fingerprint density at radius 3 is 1.21 bits per heavy atom. The molecule has 0 amide bonds. The van der Waals surface area contributed by atoms with Crippen molar-refractivity contribution in [2.45, 2.75) is 27.7 Å². The zero-order valence-electron chi connectivity index (χ0n) is 15.2. The molecule has 0 fully saturated rings. The summed E-state index contributed by atoms with van der Waals surface area (Å²) in [4.78, 5) is 34.2. The lowest BCUT2D eigenvalue weighted by Gasteiger charge is -2.34. The second-order valence-corrected chi connectivity index (χ2v) is 10.1. The van der Waals surface area contributed by atoms with Gasteiger partial charge >= 0.3 is 0 Å². The minimum atomic E-state index is -5.52. The summed E-state index contributed by atoms with van der Waals surface area (Å²) in [5.41, 5.74) is 1.27. The molecular weight excluding hydrogens is 383 g/mol. The van der Waals surface area contributed by atoms with Crippen LogP contribution in [0, 0.1) is 0 Å². The zero-order valence-corrected chi connectivity index (χ0v) is 17.9. The van der Waals surface area contributed by atoms with Crippen molar-refractivity contribution in [1.29, 1.82) is 0 Å². The third-order valence-corrected chi connectivity index (χ3v) is 6.75. The number of rotatable bonds is 8. The third-order valence-electron chi connectivity index (χ3n) is 1.90. The van der Waals surface area contributed by atoms with Gasteiger partial charge in [0.1, 0.15) is 15.2 Å². The Bertz CT molecular complexity index is 524. The molecule has 14 heteroatoms. The smallest absolute Gasteiger partial charge is 0.277 e. The van der Waals surface area contributed by atoms with E-state index in [0.29, 0.717) is 11.1 Å². The summed E-state index contributed by atoms with van der Waals surface area (Å²) >= 11 is 0. The molecule has 0 aromatic rings.